The molecule has 3 aromatic rings. The molecule has 0 atom stereocenters. The smallest absolute Gasteiger partial charge is 0.227 e. The normalized spacial score (nSPS) is 13.6. The Labute approximate surface area is 157 Å². The van der Waals surface area contributed by atoms with E-state index in [2.05, 4.69) is 41.8 Å². The molecule has 1 aliphatic heterocycles. The van der Waals surface area contributed by atoms with Crippen molar-refractivity contribution in [2.45, 2.75) is 31.1 Å². The number of fused-ring (bicyclic) bond motifs is 1. The highest BCUT2D eigenvalue weighted by Gasteiger charge is 2.19. The van der Waals surface area contributed by atoms with Gasteiger partial charge >= 0.3 is 0 Å². The van der Waals surface area contributed by atoms with Crippen molar-refractivity contribution >= 4 is 12.6 Å². The zero-order valence-electron chi connectivity index (χ0n) is 14.2. The lowest BCUT2D eigenvalue weighted by atomic mass is 10.1. The van der Waals surface area contributed by atoms with E-state index in [-0.39, 0.29) is 11.2 Å². The summed E-state index contributed by atoms with van der Waals surface area (Å²) in [5.41, 5.74) is 3.49. The lowest BCUT2D eigenvalue weighted by Gasteiger charge is -2.14. The highest BCUT2D eigenvalue weighted by Crippen LogP contribution is 2.24. The largest absolute Gasteiger partial charge is 0.482 e. The van der Waals surface area contributed by atoms with Crippen molar-refractivity contribution in [2.75, 3.05) is 0 Å². The van der Waals surface area contributed by atoms with Crippen molar-refractivity contribution in [1.82, 2.24) is 4.90 Å². The number of nitrogens with zero attached hydrogens (tertiary/aromatic N) is 1. The van der Waals surface area contributed by atoms with Crippen LogP contribution in [-0.4, -0.2) is 4.90 Å². The van der Waals surface area contributed by atoms with Gasteiger partial charge in [0.15, 0.2) is 0 Å². The highest BCUT2D eigenvalue weighted by atomic mass is 32.1. The van der Waals surface area contributed by atoms with Crippen LogP contribution in [0, 0.1) is 0 Å². The van der Waals surface area contributed by atoms with Crippen molar-refractivity contribution in [3.63, 3.8) is 0 Å². The van der Waals surface area contributed by atoms with Gasteiger partial charge in [-0.3, -0.25) is 9.69 Å². The number of thiol groups is 1. The van der Waals surface area contributed by atoms with Crippen LogP contribution in [0.1, 0.15) is 22.5 Å². The van der Waals surface area contributed by atoms with Crippen molar-refractivity contribution in [3.05, 3.63) is 93.5 Å². The van der Waals surface area contributed by atoms with E-state index < -0.39 is 0 Å². The third kappa shape index (κ3) is 3.84. The van der Waals surface area contributed by atoms with Crippen molar-refractivity contribution < 1.29 is 9.15 Å². The summed E-state index contributed by atoms with van der Waals surface area (Å²) in [6, 6.07) is 17.5. The maximum Gasteiger partial charge on any atom is 0.227 e. The van der Waals surface area contributed by atoms with E-state index in [0.717, 1.165) is 23.5 Å². The standard InChI is InChI=1S/C21H19NO3S/c23-20-9-18(12-22-10-16-3-1-2-4-17(16)11-22)24-14-21(20)25-13-15-5-7-19(26)8-6-15/h1-9,14,26H,10-13H2. The van der Waals surface area contributed by atoms with Gasteiger partial charge < -0.3 is 9.15 Å². The van der Waals surface area contributed by atoms with E-state index in [1.807, 2.05) is 24.3 Å². The summed E-state index contributed by atoms with van der Waals surface area (Å²) in [5.74, 6) is 0.878. The van der Waals surface area contributed by atoms with Crippen LogP contribution in [0.15, 0.2) is 75.0 Å². The molecular formula is C21H19NO3S. The summed E-state index contributed by atoms with van der Waals surface area (Å²) in [4.78, 5) is 15.4. The summed E-state index contributed by atoms with van der Waals surface area (Å²) in [6.45, 7) is 2.67. The third-order valence-electron chi connectivity index (χ3n) is 4.47. The molecule has 0 spiro atoms. The zero-order chi connectivity index (χ0) is 17.9. The Balaban J connectivity index is 1.39. The Kier molecular flexibility index (Phi) is 4.82. The van der Waals surface area contributed by atoms with Crippen LogP contribution >= 0.6 is 12.6 Å². The van der Waals surface area contributed by atoms with E-state index in [1.54, 1.807) is 0 Å². The van der Waals surface area contributed by atoms with Crippen LogP contribution in [0.3, 0.4) is 0 Å². The zero-order valence-corrected chi connectivity index (χ0v) is 15.1. The fraction of sp³-hybridized carbons (Fsp3) is 0.190. The number of hydrogen-bond acceptors (Lipinski definition) is 5. The van der Waals surface area contributed by atoms with Gasteiger partial charge in [0.25, 0.3) is 0 Å². The molecule has 0 unspecified atom stereocenters. The van der Waals surface area contributed by atoms with E-state index in [1.165, 1.54) is 23.5 Å². The van der Waals surface area contributed by atoms with Gasteiger partial charge in [-0.25, -0.2) is 0 Å². The molecule has 5 heteroatoms. The number of hydrogen-bond donors (Lipinski definition) is 1. The first-order valence-corrected chi connectivity index (χ1v) is 8.94. The highest BCUT2D eigenvalue weighted by molar-refractivity contribution is 7.80. The van der Waals surface area contributed by atoms with Crippen LogP contribution in [0.2, 0.25) is 0 Å². The Morgan fingerprint density at radius 1 is 1.04 bits per heavy atom. The molecular weight excluding hydrogens is 346 g/mol. The summed E-state index contributed by atoms with van der Waals surface area (Å²) < 4.78 is 11.2. The van der Waals surface area contributed by atoms with Gasteiger partial charge in [0.05, 0.1) is 6.54 Å². The monoisotopic (exact) mass is 365 g/mol. The van der Waals surface area contributed by atoms with Gasteiger partial charge in [-0.15, -0.1) is 12.6 Å². The number of benzene rings is 2. The van der Waals surface area contributed by atoms with Gasteiger partial charge in [-0.1, -0.05) is 36.4 Å². The Morgan fingerprint density at radius 2 is 1.73 bits per heavy atom. The average Bonchev–Trinajstić information content (AvgIpc) is 3.04. The Hall–Kier alpha value is -2.50. The van der Waals surface area contributed by atoms with Gasteiger partial charge in [-0.2, -0.15) is 0 Å². The minimum atomic E-state index is -0.159. The van der Waals surface area contributed by atoms with Crippen molar-refractivity contribution in [2.24, 2.45) is 0 Å². The summed E-state index contributed by atoms with van der Waals surface area (Å²) >= 11 is 4.25. The topological polar surface area (TPSA) is 42.7 Å². The molecule has 0 radical (unpaired) electrons. The maximum atomic E-state index is 12.3. The first kappa shape index (κ1) is 16.9. The molecule has 1 aromatic heterocycles. The second kappa shape index (κ2) is 7.40. The van der Waals surface area contributed by atoms with Crippen LogP contribution in [0.25, 0.3) is 0 Å². The van der Waals surface area contributed by atoms with Crippen LogP contribution in [0.4, 0.5) is 0 Å². The minimum Gasteiger partial charge on any atom is -0.482 e. The molecule has 0 N–H and O–H groups in total. The maximum absolute atomic E-state index is 12.3. The molecule has 2 heterocycles. The Bertz CT molecular complexity index is 940. The van der Waals surface area contributed by atoms with Crippen LogP contribution in [-0.2, 0) is 26.2 Å². The molecule has 1 aliphatic rings. The summed E-state index contributed by atoms with van der Waals surface area (Å²) in [5, 5.41) is 0. The van der Waals surface area contributed by atoms with Crippen molar-refractivity contribution in [1.29, 1.82) is 0 Å². The predicted octanol–water partition coefficient (Wildman–Crippen LogP) is 4.02. The predicted molar refractivity (Wildman–Crippen MR) is 102 cm³/mol. The number of rotatable bonds is 5. The molecule has 0 saturated heterocycles. The third-order valence-corrected chi connectivity index (χ3v) is 4.77. The van der Waals surface area contributed by atoms with Gasteiger partial charge in [0, 0.05) is 24.1 Å². The quantitative estimate of drug-likeness (QED) is 0.694. The average molecular weight is 365 g/mol. The molecule has 0 amide bonds. The first-order valence-electron chi connectivity index (χ1n) is 8.49. The lowest BCUT2D eigenvalue weighted by Crippen LogP contribution is -2.17. The van der Waals surface area contributed by atoms with E-state index in [4.69, 9.17) is 9.15 Å². The molecule has 132 valence electrons. The van der Waals surface area contributed by atoms with E-state index in [0.29, 0.717) is 18.9 Å². The van der Waals surface area contributed by atoms with Gasteiger partial charge in [0.2, 0.25) is 11.2 Å². The molecule has 0 aliphatic carbocycles. The molecule has 26 heavy (non-hydrogen) atoms. The van der Waals surface area contributed by atoms with E-state index >= 15 is 0 Å². The summed E-state index contributed by atoms with van der Waals surface area (Å²) in [7, 11) is 0. The van der Waals surface area contributed by atoms with E-state index in [9.17, 15) is 4.79 Å². The van der Waals surface area contributed by atoms with Gasteiger partial charge in [-0.05, 0) is 28.8 Å². The SMILES string of the molecule is O=c1cc(CN2Cc3ccccc3C2)occ1OCc1ccc(S)cc1. The van der Waals surface area contributed by atoms with Crippen LogP contribution in [0.5, 0.6) is 5.75 Å². The fourth-order valence-corrected chi connectivity index (χ4v) is 3.26. The first-order chi connectivity index (χ1) is 12.7. The fourth-order valence-electron chi connectivity index (χ4n) is 3.12. The molecule has 0 saturated carbocycles. The molecule has 4 rings (SSSR count). The second-order valence-electron chi connectivity index (χ2n) is 6.44. The second-order valence-corrected chi connectivity index (χ2v) is 6.96. The molecule has 0 fully saturated rings. The Morgan fingerprint density at radius 3 is 2.38 bits per heavy atom. The molecule has 2 aromatic carbocycles. The number of ether oxygens (including phenoxy) is 1. The van der Waals surface area contributed by atoms with Crippen LogP contribution < -0.4 is 10.2 Å². The van der Waals surface area contributed by atoms with Gasteiger partial charge in [0.1, 0.15) is 18.6 Å². The molecule has 0 bridgehead atoms. The molecule has 4 nitrogen and oxygen atoms in total. The summed E-state index contributed by atoms with van der Waals surface area (Å²) in [6.07, 6.45) is 1.41. The van der Waals surface area contributed by atoms with Crippen molar-refractivity contribution in [3.8, 4) is 5.75 Å². The minimum absolute atomic E-state index is 0.159. The lowest BCUT2D eigenvalue weighted by molar-refractivity contribution is 0.241.